The molecule has 0 bridgehead atoms. The molecule has 2 aromatic heterocycles. The lowest BCUT2D eigenvalue weighted by molar-refractivity contribution is 0.0893. The van der Waals surface area contributed by atoms with Crippen LogP contribution < -0.4 is 10.9 Å². The topological polar surface area (TPSA) is 64.0 Å². The lowest BCUT2D eigenvalue weighted by atomic mass is 9.78. The Labute approximate surface area is 146 Å². The average molecular weight is 347 g/mol. The third-order valence-corrected chi connectivity index (χ3v) is 6.41. The Morgan fingerprint density at radius 3 is 2.79 bits per heavy atom. The van der Waals surface area contributed by atoms with Gasteiger partial charge in [0.25, 0.3) is 11.5 Å². The van der Waals surface area contributed by atoms with Crippen LogP contribution in [0.1, 0.15) is 54.8 Å². The molecule has 1 amide bonds. The van der Waals surface area contributed by atoms with Crippen LogP contribution in [0.3, 0.4) is 0 Å². The molecule has 1 aliphatic carbocycles. The lowest BCUT2D eigenvalue weighted by Crippen LogP contribution is -2.43. The molecule has 0 unspecified atom stereocenters. The number of hydrogen-bond donors (Lipinski definition) is 1. The van der Waals surface area contributed by atoms with Crippen molar-refractivity contribution in [1.29, 1.82) is 0 Å². The number of carbonyl (C=O) groups is 1. The fourth-order valence-corrected chi connectivity index (χ4v) is 4.84. The first kappa shape index (κ1) is 17.1. The molecular formula is C18H25N3O2S. The van der Waals surface area contributed by atoms with Gasteiger partial charge in [-0.25, -0.2) is 4.98 Å². The van der Waals surface area contributed by atoms with Crippen molar-refractivity contribution in [2.24, 2.45) is 18.9 Å². The monoisotopic (exact) mass is 347 g/mol. The SMILES string of the molecule is Cc1c(C(=O)N[C@@H]2CCCC[C@@H]2C(C)C)sc2ncn(C)c(=O)c12. The fourth-order valence-electron chi connectivity index (χ4n) is 3.80. The van der Waals surface area contributed by atoms with E-state index < -0.39 is 0 Å². The third kappa shape index (κ3) is 2.99. The molecule has 0 aliphatic heterocycles. The summed E-state index contributed by atoms with van der Waals surface area (Å²) < 4.78 is 1.46. The number of rotatable bonds is 3. The summed E-state index contributed by atoms with van der Waals surface area (Å²) in [6.07, 6.45) is 6.14. The Kier molecular flexibility index (Phi) is 4.76. The smallest absolute Gasteiger partial charge is 0.262 e. The van der Waals surface area contributed by atoms with Crippen molar-refractivity contribution in [2.75, 3.05) is 0 Å². The summed E-state index contributed by atoms with van der Waals surface area (Å²) in [5.41, 5.74) is 0.656. The molecule has 2 aromatic rings. The van der Waals surface area contributed by atoms with Gasteiger partial charge in [0.15, 0.2) is 0 Å². The summed E-state index contributed by atoms with van der Waals surface area (Å²) in [4.78, 5) is 30.7. The van der Waals surface area contributed by atoms with Gasteiger partial charge < -0.3 is 9.88 Å². The molecule has 0 radical (unpaired) electrons. The van der Waals surface area contributed by atoms with E-state index in [9.17, 15) is 9.59 Å². The van der Waals surface area contributed by atoms with Gasteiger partial charge in [0, 0.05) is 13.1 Å². The molecule has 0 spiro atoms. The first-order valence-corrected chi connectivity index (χ1v) is 9.47. The quantitative estimate of drug-likeness (QED) is 0.927. The normalized spacial score (nSPS) is 21.4. The van der Waals surface area contributed by atoms with Crippen LogP contribution in [0.25, 0.3) is 10.2 Å². The van der Waals surface area contributed by atoms with Gasteiger partial charge in [-0.2, -0.15) is 0 Å². The second kappa shape index (κ2) is 6.67. The molecule has 6 heteroatoms. The van der Waals surface area contributed by atoms with Gasteiger partial charge >= 0.3 is 0 Å². The van der Waals surface area contributed by atoms with E-state index in [4.69, 9.17) is 0 Å². The van der Waals surface area contributed by atoms with Gasteiger partial charge in [0.2, 0.25) is 0 Å². The van der Waals surface area contributed by atoms with Crippen molar-refractivity contribution >= 4 is 27.5 Å². The second-order valence-corrected chi connectivity index (χ2v) is 8.17. The molecule has 24 heavy (non-hydrogen) atoms. The molecule has 1 saturated carbocycles. The summed E-state index contributed by atoms with van der Waals surface area (Å²) in [7, 11) is 1.68. The van der Waals surface area contributed by atoms with Gasteiger partial charge in [0.1, 0.15) is 4.83 Å². The number of carbonyl (C=O) groups excluding carboxylic acids is 1. The molecule has 5 nitrogen and oxygen atoms in total. The molecule has 2 atom stereocenters. The summed E-state index contributed by atoms with van der Waals surface area (Å²) in [5, 5.41) is 3.81. The van der Waals surface area contributed by atoms with Crippen LogP contribution in [-0.2, 0) is 7.05 Å². The molecular weight excluding hydrogens is 322 g/mol. The summed E-state index contributed by atoms with van der Waals surface area (Å²) in [6, 6.07) is 0.228. The molecule has 1 fully saturated rings. The maximum atomic E-state index is 12.8. The van der Waals surface area contributed by atoms with E-state index in [1.807, 2.05) is 6.92 Å². The Balaban J connectivity index is 1.90. The number of aromatic nitrogens is 2. The number of fused-ring (bicyclic) bond motifs is 1. The minimum absolute atomic E-state index is 0.0601. The molecule has 0 saturated heterocycles. The first-order valence-electron chi connectivity index (χ1n) is 8.65. The van der Waals surface area contributed by atoms with Crippen LogP contribution >= 0.6 is 11.3 Å². The van der Waals surface area contributed by atoms with Gasteiger partial charge in [-0.15, -0.1) is 11.3 Å². The van der Waals surface area contributed by atoms with Crippen LogP contribution in [0, 0.1) is 18.8 Å². The summed E-state index contributed by atoms with van der Waals surface area (Å²) in [6.45, 7) is 6.30. The fraction of sp³-hybridized carbons (Fsp3) is 0.611. The van der Waals surface area contributed by atoms with Crippen LogP contribution in [0.4, 0.5) is 0 Å². The van der Waals surface area contributed by atoms with Gasteiger partial charge in [-0.1, -0.05) is 26.7 Å². The first-order chi connectivity index (χ1) is 11.4. The number of nitrogens with one attached hydrogen (secondary N) is 1. The maximum Gasteiger partial charge on any atom is 0.262 e. The zero-order valence-electron chi connectivity index (χ0n) is 14.8. The van der Waals surface area contributed by atoms with E-state index in [1.54, 1.807) is 7.05 Å². The van der Waals surface area contributed by atoms with Gasteiger partial charge in [-0.3, -0.25) is 9.59 Å². The highest BCUT2D eigenvalue weighted by Crippen LogP contribution is 2.32. The van der Waals surface area contributed by atoms with Crippen molar-refractivity contribution in [3.05, 3.63) is 27.1 Å². The third-order valence-electron chi connectivity index (χ3n) is 5.21. The summed E-state index contributed by atoms with van der Waals surface area (Å²) >= 11 is 1.32. The van der Waals surface area contributed by atoms with E-state index in [0.717, 1.165) is 12.0 Å². The Hall–Kier alpha value is -1.69. The molecule has 0 aromatic carbocycles. The Morgan fingerprint density at radius 2 is 2.08 bits per heavy atom. The highest BCUT2D eigenvalue weighted by atomic mass is 32.1. The van der Waals surface area contributed by atoms with Crippen LogP contribution in [0.5, 0.6) is 0 Å². The number of aryl methyl sites for hydroxylation is 2. The van der Waals surface area contributed by atoms with E-state index in [-0.39, 0.29) is 17.5 Å². The minimum atomic E-state index is -0.0921. The predicted octanol–water partition coefficient (Wildman–Crippen LogP) is 3.25. The number of amides is 1. The van der Waals surface area contributed by atoms with Crippen LogP contribution in [0.2, 0.25) is 0 Å². The molecule has 1 N–H and O–H groups in total. The van der Waals surface area contributed by atoms with Gasteiger partial charge in [0.05, 0.1) is 16.6 Å². The molecule has 2 heterocycles. The van der Waals surface area contributed by atoms with Crippen molar-refractivity contribution in [2.45, 2.75) is 52.5 Å². The minimum Gasteiger partial charge on any atom is -0.348 e. The zero-order valence-corrected chi connectivity index (χ0v) is 15.6. The number of hydrogen-bond acceptors (Lipinski definition) is 4. The molecule has 3 rings (SSSR count). The van der Waals surface area contributed by atoms with Crippen molar-refractivity contribution in [1.82, 2.24) is 14.9 Å². The lowest BCUT2D eigenvalue weighted by Gasteiger charge is -2.34. The maximum absolute atomic E-state index is 12.8. The Bertz CT molecular complexity index is 822. The second-order valence-electron chi connectivity index (χ2n) is 7.17. The highest BCUT2D eigenvalue weighted by Gasteiger charge is 2.30. The van der Waals surface area contributed by atoms with Crippen molar-refractivity contribution in [3.8, 4) is 0 Å². The summed E-state index contributed by atoms with van der Waals surface area (Å²) in [5.74, 6) is 1.03. The highest BCUT2D eigenvalue weighted by molar-refractivity contribution is 7.20. The average Bonchev–Trinajstić information content (AvgIpc) is 2.89. The number of nitrogens with zero attached hydrogens (tertiary/aromatic N) is 2. The van der Waals surface area contributed by atoms with Crippen LogP contribution in [-0.4, -0.2) is 21.5 Å². The Morgan fingerprint density at radius 1 is 1.38 bits per heavy atom. The number of thiophene rings is 1. The van der Waals surface area contributed by atoms with E-state index >= 15 is 0 Å². The largest absolute Gasteiger partial charge is 0.348 e. The molecule has 1 aliphatic rings. The van der Waals surface area contributed by atoms with Gasteiger partial charge in [-0.05, 0) is 37.2 Å². The van der Waals surface area contributed by atoms with E-state index in [0.29, 0.717) is 26.9 Å². The molecule has 130 valence electrons. The van der Waals surface area contributed by atoms with E-state index in [1.165, 1.54) is 41.5 Å². The van der Waals surface area contributed by atoms with Crippen molar-refractivity contribution in [3.63, 3.8) is 0 Å². The zero-order chi connectivity index (χ0) is 17.4. The standard InChI is InChI=1S/C18H25N3O2S/c1-10(2)12-7-5-6-8-13(12)20-16(22)15-11(3)14-17(24-15)19-9-21(4)18(14)23/h9-10,12-13H,5-8H2,1-4H3,(H,20,22)/t12-,13-/m1/s1. The predicted molar refractivity (Wildman–Crippen MR) is 97.6 cm³/mol. The van der Waals surface area contributed by atoms with E-state index in [2.05, 4.69) is 24.1 Å². The van der Waals surface area contributed by atoms with Crippen molar-refractivity contribution < 1.29 is 4.79 Å². The van der Waals surface area contributed by atoms with Crippen LogP contribution in [0.15, 0.2) is 11.1 Å².